The number of anilines is 1. The van der Waals surface area contributed by atoms with Crippen LogP contribution >= 0.6 is 31.9 Å². The first kappa shape index (κ1) is 19.9. The Morgan fingerprint density at radius 3 is 2.56 bits per heavy atom. The molecule has 0 aromatic heterocycles. The molecule has 142 valence electrons. The lowest BCUT2D eigenvalue weighted by Gasteiger charge is -2.18. The molecule has 2 aromatic carbocycles. The number of amides is 2. The van der Waals surface area contributed by atoms with E-state index >= 15 is 0 Å². The van der Waals surface area contributed by atoms with Gasteiger partial charge in [-0.1, -0.05) is 28.1 Å². The summed E-state index contributed by atoms with van der Waals surface area (Å²) in [6, 6.07) is 10.9. The number of likely N-dealkylation sites (tertiary alicyclic amines) is 1. The zero-order valence-corrected chi connectivity index (χ0v) is 18.1. The Morgan fingerprint density at radius 1 is 1.15 bits per heavy atom. The largest absolute Gasteiger partial charge is 0.482 e. The van der Waals surface area contributed by atoms with Crippen molar-refractivity contribution in [1.29, 1.82) is 0 Å². The summed E-state index contributed by atoms with van der Waals surface area (Å²) in [5.74, 6) is 0.261. The lowest BCUT2D eigenvalue weighted by molar-refractivity contribution is -0.118. The lowest BCUT2D eigenvalue weighted by atomic mass is 10.1. The standard InChI is InChI=1S/C20H20Br2N2O3/c1-13-10-14(21)11-16(22)19(13)27-12-18(25)23-17-7-3-2-6-15(17)20(26)24-8-4-5-9-24/h2-3,6-7,10-11H,4-5,8-9,12H2,1H3,(H,23,25). The molecule has 0 bridgehead atoms. The minimum Gasteiger partial charge on any atom is -0.482 e. The molecule has 2 aromatic rings. The number of nitrogens with one attached hydrogen (secondary N) is 1. The molecule has 3 rings (SSSR count). The zero-order chi connectivity index (χ0) is 19.4. The molecule has 1 N–H and O–H groups in total. The Morgan fingerprint density at radius 2 is 1.85 bits per heavy atom. The number of aryl methyl sites for hydroxylation is 1. The minimum atomic E-state index is -0.314. The number of para-hydroxylation sites is 1. The second kappa shape index (κ2) is 8.89. The van der Waals surface area contributed by atoms with Crippen LogP contribution in [-0.4, -0.2) is 36.4 Å². The van der Waals surface area contributed by atoms with Gasteiger partial charge in [0.05, 0.1) is 15.7 Å². The summed E-state index contributed by atoms with van der Waals surface area (Å²) in [7, 11) is 0. The van der Waals surface area contributed by atoms with Crippen molar-refractivity contribution in [2.75, 3.05) is 25.0 Å². The number of rotatable bonds is 5. The summed E-state index contributed by atoms with van der Waals surface area (Å²) >= 11 is 6.87. The molecule has 0 unspecified atom stereocenters. The van der Waals surface area contributed by atoms with Crippen molar-refractivity contribution in [2.24, 2.45) is 0 Å². The number of carbonyl (C=O) groups excluding carboxylic acids is 2. The highest BCUT2D eigenvalue weighted by molar-refractivity contribution is 9.11. The molecule has 0 aliphatic carbocycles. The van der Waals surface area contributed by atoms with Gasteiger partial charge in [0, 0.05) is 17.6 Å². The molecular formula is C20H20Br2N2O3. The van der Waals surface area contributed by atoms with Crippen LogP contribution in [0.4, 0.5) is 5.69 Å². The van der Waals surface area contributed by atoms with Crippen LogP contribution in [0.2, 0.25) is 0 Å². The van der Waals surface area contributed by atoms with E-state index in [1.165, 1.54) is 0 Å². The van der Waals surface area contributed by atoms with E-state index in [4.69, 9.17) is 4.74 Å². The van der Waals surface area contributed by atoms with E-state index in [0.717, 1.165) is 40.4 Å². The molecule has 2 amide bonds. The first-order valence-electron chi connectivity index (χ1n) is 8.72. The molecule has 0 spiro atoms. The van der Waals surface area contributed by atoms with Crippen LogP contribution in [0.15, 0.2) is 45.3 Å². The summed E-state index contributed by atoms with van der Waals surface area (Å²) in [4.78, 5) is 26.9. The number of carbonyl (C=O) groups is 2. The van der Waals surface area contributed by atoms with Crippen LogP contribution in [0.3, 0.4) is 0 Å². The molecule has 0 saturated carbocycles. The minimum absolute atomic E-state index is 0.0455. The lowest BCUT2D eigenvalue weighted by Crippen LogP contribution is -2.29. The summed E-state index contributed by atoms with van der Waals surface area (Å²) in [5, 5.41) is 2.80. The van der Waals surface area contributed by atoms with Crippen LogP contribution in [0.1, 0.15) is 28.8 Å². The molecule has 5 nitrogen and oxygen atoms in total. The van der Waals surface area contributed by atoms with E-state index in [-0.39, 0.29) is 18.4 Å². The summed E-state index contributed by atoms with van der Waals surface area (Å²) < 4.78 is 7.38. The van der Waals surface area contributed by atoms with Crippen LogP contribution in [0.25, 0.3) is 0 Å². The van der Waals surface area contributed by atoms with Crippen LogP contribution in [0.5, 0.6) is 5.75 Å². The average molecular weight is 496 g/mol. The SMILES string of the molecule is Cc1cc(Br)cc(Br)c1OCC(=O)Nc1ccccc1C(=O)N1CCCC1. The molecular weight excluding hydrogens is 476 g/mol. The van der Waals surface area contributed by atoms with Gasteiger partial charge in [0.2, 0.25) is 0 Å². The Balaban J connectivity index is 1.67. The Labute approximate surface area is 175 Å². The second-order valence-electron chi connectivity index (χ2n) is 6.42. The van der Waals surface area contributed by atoms with Gasteiger partial charge in [0.15, 0.2) is 6.61 Å². The van der Waals surface area contributed by atoms with Gasteiger partial charge in [-0.2, -0.15) is 0 Å². The predicted octanol–water partition coefficient (Wildman–Crippen LogP) is 4.77. The van der Waals surface area contributed by atoms with Gasteiger partial charge in [-0.25, -0.2) is 0 Å². The van der Waals surface area contributed by atoms with E-state index in [1.807, 2.05) is 24.0 Å². The van der Waals surface area contributed by atoms with Crippen molar-refractivity contribution in [1.82, 2.24) is 4.90 Å². The Kier molecular flexibility index (Phi) is 6.55. The molecule has 1 saturated heterocycles. The predicted molar refractivity (Wildman–Crippen MR) is 112 cm³/mol. The molecule has 1 aliphatic rings. The maximum absolute atomic E-state index is 12.7. The van der Waals surface area contributed by atoms with E-state index in [0.29, 0.717) is 17.0 Å². The van der Waals surface area contributed by atoms with E-state index in [2.05, 4.69) is 37.2 Å². The quantitative estimate of drug-likeness (QED) is 0.649. The van der Waals surface area contributed by atoms with E-state index in [9.17, 15) is 9.59 Å². The van der Waals surface area contributed by atoms with Crippen LogP contribution in [-0.2, 0) is 4.79 Å². The van der Waals surface area contributed by atoms with Crippen LogP contribution in [0, 0.1) is 6.92 Å². The topological polar surface area (TPSA) is 58.6 Å². The normalized spacial score (nSPS) is 13.5. The average Bonchev–Trinajstić information content (AvgIpc) is 3.15. The molecule has 1 aliphatic heterocycles. The van der Waals surface area contributed by atoms with Gasteiger partial charge in [-0.3, -0.25) is 9.59 Å². The summed E-state index contributed by atoms with van der Waals surface area (Å²) in [6.07, 6.45) is 2.05. The summed E-state index contributed by atoms with van der Waals surface area (Å²) in [5.41, 5.74) is 1.93. The maximum atomic E-state index is 12.7. The van der Waals surface area contributed by atoms with Crippen molar-refractivity contribution < 1.29 is 14.3 Å². The van der Waals surface area contributed by atoms with Gasteiger partial charge in [0.25, 0.3) is 11.8 Å². The number of benzene rings is 2. The van der Waals surface area contributed by atoms with Crippen molar-refractivity contribution in [2.45, 2.75) is 19.8 Å². The molecule has 0 atom stereocenters. The van der Waals surface area contributed by atoms with Gasteiger partial charge in [-0.05, 0) is 65.5 Å². The van der Waals surface area contributed by atoms with Gasteiger partial charge < -0.3 is 15.0 Å². The first-order valence-corrected chi connectivity index (χ1v) is 10.3. The Hall–Kier alpha value is -1.86. The smallest absolute Gasteiger partial charge is 0.262 e. The van der Waals surface area contributed by atoms with Gasteiger partial charge in [0.1, 0.15) is 5.75 Å². The zero-order valence-electron chi connectivity index (χ0n) is 14.9. The molecule has 1 fully saturated rings. The van der Waals surface area contributed by atoms with E-state index in [1.54, 1.807) is 24.3 Å². The first-order chi connectivity index (χ1) is 13.0. The van der Waals surface area contributed by atoms with Crippen molar-refractivity contribution >= 4 is 49.4 Å². The Bertz CT molecular complexity index is 841. The van der Waals surface area contributed by atoms with E-state index < -0.39 is 0 Å². The molecule has 1 heterocycles. The fourth-order valence-electron chi connectivity index (χ4n) is 3.06. The molecule has 27 heavy (non-hydrogen) atoms. The summed E-state index contributed by atoms with van der Waals surface area (Å²) in [6.45, 7) is 3.29. The highest BCUT2D eigenvalue weighted by Gasteiger charge is 2.22. The highest BCUT2D eigenvalue weighted by atomic mass is 79.9. The second-order valence-corrected chi connectivity index (χ2v) is 8.19. The number of nitrogens with zero attached hydrogens (tertiary/aromatic N) is 1. The third-order valence-electron chi connectivity index (χ3n) is 4.37. The third-order valence-corrected chi connectivity index (χ3v) is 5.41. The monoisotopic (exact) mass is 494 g/mol. The molecule has 0 radical (unpaired) electrons. The van der Waals surface area contributed by atoms with Crippen LogP contribution < -0.4 is 10.1 Å². The van der Waals surface area contributed by atoms with Crippen molar-refractivity contribution in [3.8, 4) is 5.75 Å². The fourth-order valence-corrected chi connectivity index (χ4v) is 4.62. The maximum Gasteiger partial charge on any atom is 0.262 e. The number of hydrogen-bond donors (Lipinski definition) is 1. The highest BCUT2D eigenvalue weighted by Crippen LogP contribution is 2.32. The number of hydrogen-bond acceptors (Lipinski definition) is 3. The van der Waals surface area contributed by atoms with Gasteiger partial charge >= 0.3 is 0 Å². The molecule has 7 heteroatoms. The third kappa shape index (κ3) is 4.90. The van der Waals surface area contributed by atoms with Gasteiger partial charge in [-0.15, -0.1) is 0 Å². The van der Waals surface area contributed by atoms with Crippen molar-refractivity contribution in [3.63, 3.8) is 0 Å². The number of halogens is 2. The van der Waals surface area contributed by atoms with Crippen molar-refractivity contribution in [3.05, 3.63) is 56.5 Å². The number of ether oxygens (including phenoxy) is 1. The fraction of sp³-hybridized carbons (Fsp3) is 0.300.